The second-order valence-corrected chi connectivity index (χ2v) is 6.53. The zero-order chi connectivity index (χ0) is 16.5. The van der Waals surface area contributed by atoms with E-state index in [4.69, 9.17) is 0 Å². The number of rotatable bonds is 4. The molecule has 4 heterocycles. The number of aryl methyl sites for hydroxylation is 2. The van der Waals surface area contributed by atoms with Gasteiger partial charge < -0.3 is 4.57 Å². The van der Waals surface area contributed by atoms with E-state index in [1.807, 2.05) is 48.6 Å². The molecule has 24 heavy (non-hydrogen) atoms. The molecule has 0 bridgehead atoms. The van der Waals surface area contributed by atoms with Crippen LogP contribution in [-0.2, 0) is 13.6 Å². The standard InChI is InChI=1S/C18H22N6/c1-14-9-20-18(16-3-6-19-7-4-16)24(14)17-5-8-23(13-17)12-15-10-21-22(2)11-15/h3-4,6-7,9-11,17H,5,8,12-13H2,1-2H3. The topological polar surface area (TPSA) is 51.8 Å². The highest BCUT2D eigenvalue weighted by atomic mass is 15.3. The normalized spacial score (nSPS) is 18.3. The second-order valence-electron chi connectivity index (χ2n) is 6.53. The Morgan fingerprint density at radius 1 is 1.21 bits per heavy atom. The van der Waals surface area contributed by atoms with Crippen LogP contribution >= 0.6 is 0 Å². The minimum absolute atomic E-state index is 0.465. The van der Waals surface area contributed by atoms with Crippen LogP contribution in [0.25, 0.3) is 11.4 Å². The molecule has 1 atom stereocenters. The highest BCUT2D eigenvalue weighted by Crippen LogP contribution is 2.29. The van der Waals surface area contributed by atoms with Crippen LogP contribution in [0.5, 0.6) is 0 Å². The van der Waals surface area contributed by atoms with E-state index in [1.54, 1.807) is 0 Å². The first-order chi connectivity index (χ1) is 11.7. The van der Waals surface area contributed by atoms with Crippen molar-refractivity contribution in [3.8, 4) is 11.4 Å². The van der Waals surface area contributed by atoms with E-state index in [2.05, 4.69) is 37.7 Å². The largest absolute Gasteiger partial charge is 0.324 e. The molecule has 6 nitrogen and oxygen atoms in total. The average Bonchev–Trinajstić information content (AvgIpc) is 3.29. The molecule has 1 aliphatic rings. The Morgan fingerprint density at radius 2 is 2.04 bits per heavy atom. The minimum Gasteiger partial charge on any atom is -0.324 e. The Bertz CT molecular complexity index is 819. The molecule has 1 aliphatic heterocycles. The predicted molar refractivity (Wildman–Crippen MR) is 92.3 cm³/mol. The fourth-order valence-electron chi connectivity index (χ4n) is 3.60. The molecule has 4 rings (SSSR count). The smallest absolute Gasteiger partial charge is 0.140 e. The monoisotopic (exact) mass is 322 g/mol. The van der Waals surface area contributed by atoms with Crippen LogP contribution in [-0.4, -0.2) is 42.3 Å². The molecular weight excluding hydrogens is 300 g/mol. The van der Waals surface area contributed by atoms with Crippen LogP contribution in [0, 0.1) is 6.92 Å². The van der Waals surface area contributed by atoms with Gasteiger partial charge in [-0.15, -0.1) is 0 Å². The third-order valence-corrected chi connectivity index (χ3v) is 4.70. The van der Waals surface area contributed by atoms with Crippen LogP contribution in [0.2, 0.25) is 0 Å². The van der Waals surface area contributed by atoms with E-state index >= 15 is 0 Å². The van der Waals surface area contributed by atoms with Crippen molar-refractivity contribution in [2.75, 3.05) is 13.1 Å². The maximum absolute atomic E-state index is 4.65. The Hall–Kier alpha value is -2.47. The summed E-state index contributed by atoms with van der Waals surface area (Å²) in [5, 5.41) is 4.26. The second kappa shape index (κ2) is 6.20. The number of imidazole rings is 1. The summed E-state index contributed by atoms with van der Waals surface area (Å²) in [6.45, 7) is 5.25. The van der Waals surface area contributed by atoms with Crippen molar-refractivity contribution < 1.29 is 0 Å². The van der Waals surface area contributed by atoms with Crippen molar-refractivity contribution in [1.82, 2.24) is 29.2 Å². The van der Waals surface area contributed by atoms with Gasteiger partial charge in [-0.2, -0.15) is 5.10 Å². The van der Waals surface area contributed by atoms with Crippen LogP contribution < -0.4 is 0 Å². The highest BCUT2D eigenvalue weighted by Gasteiger charge is 2.27. The van der Waals surface area contributed by atoms with Crippen LogP contribution in [0.4, 0.5) is 0 Å². The van der Waals surface area contributed by atoms with Crippen molar-refractivity contribution in [2.24, 2.45) is 7.05 Å². The predicted octanol–water partition coefficient (Wildman–Crippen LogP) is 2.43. The van der Waals surface area contributed by atoms with Gasteiger partial charge in [-0.05, 0) is 25.5 Å². The molecule has 124 valence electrons. The van der Waals surface area contributed by atoms with Gasteiger partial charge in [-0.3, -0.25) is 14.6 Å². The number of hydrogen-bond donors (Lipinski definition) is 0. The van der Waals surface area contributed by atoms with Crippen LogP contribution in [0.3, 0.4) is 0 Å². The number of hydrogen-bond acceptors (Lipinski definition) is 4. The third-order valence-electron chi connectivity index (χ3n) is 4.70. The summed E-state index contributed by atoms with van der Waals surface area (Å²) < 4.78 is 4.25. The molecule has 0 amide bonds. The Kier molecular flexibility index (Phi) is 3.90. The molecule has 0 aliphatic carbocycles. The van der Waals surface area contributed by atoms with Crippen molar-refractivity contribution in [1.29, 1.82) is 0 Å². The number of nitrogens with zero attached hydrogens (tertiary/aromatic N) is 6. The quantitative estimate of drug-likeness (QED) is 0.740. The van der Waals surface area contributed by atoms with Gasteiger partial charge in [0.1, 0.15) is 5.82 Å². The Labute approximate surface area is 141 Å². The van der Waals surface area contributed by atoms with Gasteiger partial charge in [0.25, 0.3) is 0 Å². The van der Waals surface area contributed by atoms with Gasteiger partial charge in [-0.1, -0.05) is 0 Å². The molecule has 6 heteroatoms. The van der Waals surface area contributed by atoms with Crippen molar-refractivity contribution in [3.63, 3.8) is 0 Å². The van der Waals surface area contributed by atoms with Gasteiger partial charge in [-0.25, -0.2) is 4.98 Å². The van der Waals surface area contributed by atoms with E-state index in [-0.39, 0.29) is 0 Å². The van der Waals surface area contributed by atoms with Gasteiger partial charge in [0.05, 0.1) is 6.20 Å². The van der Waals surface area contributed by atoms with Gasteiger partial charge in [0.15, 0.2) is 0 Å². The maximum Gasteiger partial charge on any atom is 0.140 e. The summed E-state index contributed by atoms with van der Waals surface area (Å²) >= 11 is 0. The van der Waals surface area contributed by atoms with Crippen LogP contribution in [0.1, 0.15) is 23.7 Å². The summed E-state index contributed by atoms with van der Waals surface area (Å²) in [7, 11) is 1.96. The van der Waals surface area contributed by atoms with Crippen LogP contribution in [0.15, 0.2) is 43.1 Å². The first kappa shape index (κ1) is 15.1. The van der Waals surface area contributed by atoms with Crippen molar-refractivity contribution in [3.05, 3.63) is 54.4 Å². The van der Waals surface area contributed by atoms with E-state index in [9.17, 15) is 0 Å². The van der Waals surface area contributed by atoms with Crippen molar-refractivity contribution in [2.45, 2.75) is 25.9 Å². The molecule has 3 aromatic heterocycles. The molecule has 0 saturated carbocycles. The average molecular weight is 322 g/mol. The van der Waals surface area contributed by atoms with E-state index in [0.717, 1.165) is 37.4 Å². The molecule has 1 saturated heterocycles. The molecule has 0 radical (unpaired) electrons. The third kappa shape index (κ3) is 2.85. The van der Waals surface area contributed by atoms with E-state index in [1.165, 1.54) is 11.3 Å². The van der Waals surface area contributed by atoms with Gasteiger partial charge >= 0.3 is 0 Å². The summed E-state index contributed by atoms with van der Waals surface area (Å²) in [6.07, 6.45) is 10.8. The van der Waals surface area contributed by atoms with Gasteiger partial charge in [0.2, 0.25) is 0 Å². The highest BCUT2D eigenvalue weighted by molar-refractivity contribution is 5.55. The number of pyridine rings is 1. The molecule has 0 spiro atoms. The van der Waals surface area contributed by atoms with Crippen molar-refractivity contribution >= 4 is 0 Å². The first-order valence-corrected chi connectivity index (χ1v) is 8.35. The lowest BCUT2D eigenvalue weighted by molar-refractivity contribution is 0.316. The summed E-state index contributed by atoms with van der Waals surface area (Å²) in [4.78, 5) is 11.3. The maximum atomic E-state index is 4.65. The molecule has 0 aromatic carbocycles. The summed E-state index contributed by atoms with van der Waals surface area (Å²) in [6, 6.07) is 4.52. The Morgan fingerprint density at radius 3 is 2.79 bits per heavy atom. The lowest BCUT2D eigenvalue weighted by Gasteiger charge is -2.19. The molecular formula is C18H22N6. The lowest BCUT2D eigenvalue weighted by Crippen LogP contribution is -2.21. The Balaban J connectivity index is 1.54. The fourth-order valence-corrected chi connectivity index (χ4v) is 3.60. The molecule has 1 unspecified atom stereocenters. The minimum atomic E-state index is 0.465. The molecule has 0 N–H and O–H groups in total. The zero-order valence-electron chi connectivity index (χ0n) is 14.1. The summed E-state index contributed by atoms with van der Waals surface area (Å²) in [5.41, 5.74) is 3.62. The lowest BCUT2D eigenvalue weighted by atomic mass is 10.2. The zero-order valence-corrected chi connectivity index (χ0v) is 14.1. The molecule has 1 fully saturated rings. The van der Waals surface area contributed by atoms with E-state index < -0.39 is 0 Å². The number of likely N-dealkylation sites (tertiary alicyclic amines) is 1. The van der Waals surface area contributed by atoms with E-state index in [0.29, 0.717) is 6.04 Å². The molecule has 3 aromatic rings. The summed E-state index contributed by atoms with van der Waals surface area (Å²) in [5.74, 6) is 1.04. The first-order valence-electron chi connectivity index (χ1n) is 8.35. The van der Waals surface area contributed by atoms with Gasteiger partial charge in [0, 0.05) is 74.3 Å². The number of aromatic nitrogens is 5. The SMILES string of the molecule is Cc1cnc(-c2ccncc2)n1C1CCN(Cc2cnn(C)c2)C1. The fraction of sp³-hybridized carbons (Fsp3) is 0.389.